The van der Waals surface area contributed by atoms with Crippen LogP contribution in [0.2, 0.25) is 0 Å². The van der Waals surface area contributed by atoms with Gasteiger partial charge in [0.25, 0.3) is 5.91 Å². The molecule has 21 heavy (non-hydrogen) atoms. The molecule has 1 unspecified atom stereocenters. The van der Waals surface area contributed by atoms with Crippen molar-refractivity contribution in [3.63, 3.8) is 0 Å². The van der Waals surface area contributed by atoms with Crippen molar-refractivity contribution in [3.05, 3.63) is 23.7 Å². The van der Waals surface area contributed by atoms with Crippen LogP contribution in [0, 0.1) is 12.8 Å². The van der Waals surface area contributed by atoms with E-state index >= 15 is 0 Å². The molecule has 1 amide bonds. The first-order chi connectivity index (χ1) is 10.3. The number of amides is 1. The summed E-state index contributed by atoms with van der Waals surface area (Å²) < 4.78 is 5.57. The number of carbonyl (C=O) groups is 1. The summed E-state index contributed by atoms with van der Waals surface area (Å²) in [6, 6.07) is 4.10. The number of nitrogens with zero attached hydrogens (tertiary/aromatic N) is 1. The molecule has 0 spiro atoms. The van der Waals surface area contributed by atoms with Gasteiger partial charge in [0, 0.05) is 12.6 Å². The number of hydrogen-bond acceptors (Lipinski definition) is 3. The predicted molar refractivity (Wildman–Crippen MR) is 82.3 cm³/mol. The van der Waals surface area contributed by atoms with Crippen LogP contribution in [0.4, 0.5) is 0 Å². The Morgan fingerprint density at radius 3 is 2.71 bits per heavy atom. The lowest BCUT2D eigenvalue weighted by Gasteiger charge is -2.37. The molecule has 4 nitrogen and oxygen atoms in total. The Morgan fingerprint density at radius 1 is 1.19 bits per heavy atom. The monoisotopic (exact) mass is 290 g/mol. The summed E-state index contributed by atoms with van der Waals surface area (Å²) in [5.74, 6) is 2.05. The van der Waals surface area contributed by atoms with Crippen LogP contribution in [0.1, 0.15) is 54.8 Å². The fraction of sp³-hybridized carbons (Fsp3) is 0.706. The van der Waals surface area contributed by atoms with Gasteiger partial charge in [-0.1, -0.05) is 12.8 Å². The maximum Gasteiger partial charge on any atom is 0.289 e. The van der Waals surface area contributed by atoms with Gasteiger partial charge < -0.3 is 14.6 Å². The summed E-state index contributed by atoms with van der Waals surface area (Å²) >= 11 is 0. The van der Waals surface area contributed by atoms with Crippen LogP contribution in [0.5, 0.6) is 0 Å². The van der Waals surface area contributed by atoms with E-state index in [1.54, 1.807) is 0 Å². The van der Waals surface area contributed by atoms with E-state index < -0.39 is 0 Å². The largest absolute Gasteiger partial charge is 0.456 e. The van der Waals surface area contributed by atoms with Gasteiger partial charge in [-0.05, 0) is 63.7 Å². The molecule has 0 aromatic carbocycles. The van der Waals surface area contributed by atoms with Crippen molar-refractivity contribution in [2.45, 2.75) is 51.5 Å². The molecule has 3 rings (SSSR count). The third-order valence-corrected chi connectivity index (χ3v) is 4.94. The molecule has 1 aromatic heterocycles. The number of carbonyl (C=O) groups excluding carboxylic acids is 1. The van der Waals surface area contributed by atoms with Crippen LogP contribution in [0.15, 0.2) is 16.5 Å². The summed E-state index contributed by atoms with van der Waals surface area (Å²) in [4.78, 5) is 14.9. The first-order valence-electron chi connectivity index (χ1n) is 8.34. The molecular weight excluding hydrogens is 264 g/mol. The molecule has 3 heterocycles. The number of nitrogens with one attached hydrogen (secondary N) is 1. The first kappa shape index (κ1) is 14.6. The van der Waals surface area contributed by atoms with E-state index in [2.05, 4.69) is 10.2 Å². The number of rotatable bonds is 2. The van der Waals surface area contributed by atoms with Crippen molar-refractivity contribution >= 4 is 5.91 Å². The van der Waals surface area contributed by atoms with Gasteiger partial charge in [0.2, 0.25) is 0 Å². The van der Waals surface area contributed by atoms with E-state index in [4.69, 9.17) is 4.42 Å². The van der Waals surface area contributed by atoms with Crippen molar-refractivity contribution in [2.75, 3.05) is 19.6 Å². The van der Waals surface area contributed by atoms with Gasteiger partial charge in [-0.25, -0.2) is 0 Å². The fourth-order valence-electron chi connectivity index (χ4n) is 3.80. The highest BCUT2D eigenvalue weighted by Gasteiger charge is 2.33. The summed E-state index contributed by atoms with van der Waals surface area (Å²) in [6.45, 7) is 4.95. The van der Waals surface area contributed by atoms with Gasteiger partial charge in [-0.2, -0.15) is 0 Å². The van der Waals surface area contributed by atoms with Crippen LogP contribution < -0.4 is 5.32 Å². The molecule has 1 N–H and O–H groups in total. The number of furan rings is 1. The third kappa shape index (κ3) is 3.31. The van der Waals surface area contributed by atoms with Crippen molar-refractivity contribution in [2.24, 2.45) is 5.92 Å². The number of aryl methyl sites for hydroxylation is 1. The van der Waals surface area contributed by atoms with Crippen molar-refractivity contribution in [1.29, 1.82) is 0 Å². The second-order valence-electron chi connectivity index (χ2n) is 6.41. The van der Waals surface area contributed by atoms with Crippen LogP contribution in [-0.2, 0) is 0 Å². The highest BCUT2D eigenvalue weighted by molar-refractivity contribution is 5.91. The van der Waals surface area contributed by atoms with Gasteiger partial charge in [-0.15, -0.1) is 0 Å². The van der Waals surface area contributed by atoms with Crippen molar-refractivity contribution < 1.29 is 9.21 Å². The summed E-state index contributed by atoms with van der Waals surface area (Å²) in [7, 11) is 0. The Bertz CT molecular complexity index is 477. The molecule has 2 aliphatic heterocycles. The van der Waals surface area contributed by atoms with Crippen LogP contribution in [0.3, 0.4) is 0 Å². The molecule has 1 atom stereocenters. The standard InChI is InChI=1S/C17H26N2O2/c1-13-6-7-16(21-13)17(20)19-12-4-2-3-5-15(19)14-8-10-18-11-9-14/h6-7,14-15,18H,2-5,8-12H2,1H3. The van der Waals surface area contributed by atoms with Crippen LogP contribution in [-0.4, -0.2) is 36.5 Å². The molecule has 2 aliphatic rings. The molecule has 0 aliphatic carbocycles. The Morgan fingerprint density at radius 2 is 2.00 bits per heavy atom. The first-order valence-corrected chi connectivity index (χ1v) is 8.34. The van der Waals surface area contributed by atoms with Gasteiger partial charge in [0.15, 0.2) is 5.76 Å². The Labute approximate surface area is 126 Å². The lowest BCUT2D eigenvalue weighted by Crippen LogP contribution is -2.47. The normalized spacial score (nSPS) is 24.8. The Balaban J connectivity index is 1.79. The van der Waals surface area contributed by atoms with E-state index in [9.17, 15) is 4.79 Å². The average molecular weight is 290 g/mol. The van der Waals surface area contributed by atoms with Gasteiger partial charge in [0.05, 0.1) is 0 Å². The molecule has 2 fully saturated rings. The zero-order valence-electron chi connectivity index (χ0n) is 12.9. The van der Waals surface area contributed by atoms with Gasteiger partial charge in [-0.3, -0.25) is 4.79 Å². The number of piperidine rings is 1. The van der Waals surface area contributed by atoms with E-state index in [1.165, 1.54) is 25.7 Å². The van der Waals surface area contributed by atoms with E-state index in [0.717, 1.165) is 38.2 Å². The zero-order valence-corrected chi connectivity index (χ0v) is 12.9. The third-order valence-electron chi connectivity index (χ3n) is 4.94. The topological polar surface area (TPSA) is 45.5 Å². The lowest BCUT2D eigenvalue weighted by atomic mass is 9.86. The summed E-state index contributed by atoms with van der Waals surface area (Å²) in [5.41, 5.74) is 0. The maximum absolute atomic E-state index is 12.8. The van der Waals surface area contributed by atoms with Crippen molar-refractivity contribution in [3.8, 4) is 0 Å². The smallest absolute Gasteiger partial charge is 0.289 e. The molecule has 0 bridgehead atoms. The molecule has 2 saturated heterocycles. The minimum atomic E-state index is 0.0912. The fourth-order valence-corrected chi connectivity index (χ4v) is 3.80. The van der Waals surface area contributed by atoms with Gasteiger partial charge in [0.1, 0.15) is 5.76 Å². The second kappa shape index (κ2) is 6.65. The molecule has 1 aromatic rings. The van der Waals surface area contributed by atoms with E-state index in [-0.39, 0.29) is 5.91 Å². The van der Waals surface area contributed by atoms with E-state index in [1.807, 2.05) is 19.1 Å². The summed E-state index contributed by atoms with van der Waals surface area (Å²) in [5, 5.41) is 3.43. The molecule has 116 valence electrons. The molecule has 0 saturated carbocycles. The van der Waals surface area contributed by atoms with Gasteiger partial charge >= 0.3 is 0 Å². The molecule has 4 heteroatoms. The lowest BCUT2D eigenvalue weighted by molar-refractivity contribution is 0.0549. The second-order valence-corrected chi connectivity index (χ2v) is 6.41. The minimum absolute atomic E-state index is 0.0912. The average Bonchev–Trinajstić information content (AvgIpc) is 2.81. The minimum Gasteiger partial charge on any atom is -0.456 e. The summed E-state index contributed by atoms with van der Waals surface area (Å²) in [6.07, 6.45) is 7.12. The number of likely N-dealkylation sites (tertiary alicyclic amines) is 1. The zero-order chi connectivity index (χ0) is 14.7. The Hall–Kier alpha value is -1.29. The highest BCUT2D eigenvalue weighted by Crippen LogP contribution is 2.29. The Kier molecular flexibility index (Phi) is 4.63. The highest BCUT2D eigenvalue weighted by atomic mass is 16.3. The number of hydrogen-bond donors (Lipinski definition) is 1. The quantitative estimate of drug-likeness (QED) is 0.911. The van der Waals surface area contributed by atoms with E-state index in [0.29, 0.717) is 17.7 Å². The maximum atomic E-state index is 12.8. The van der Waals surface area contributed by atoms with Crippen LogP contribution in [0.25, 0.3) is 0 Å². The molecule has 0 radical (unpaired) electrons. The van der Waals surface area contributed by atoms with Crippen molar-refractivity contribution in [1.82, 2.24) is 10.2 Å². The van der Waals surface area contributed by atoms with Crippen LogP contribution >= 0.6 is 0 Å². The SMILES string of the molecule is Cc1ccc(C(=O)N2CCCCCC2C2CCNCC2)o1. The predicted octanol–water partition coefficient (Wildman–Crippen LogP) is 2.97. The molecular formula is C17H26N2O2.